The molecular formula is C9H7N3O. The first-order chi connectivity index (χ1) is 6.38. The minimum Gasteiger partial charge on any atom is -0.342 e. The van der Waals surface area contributed by atoms with Crippen LogP contribution in [0, 0.1) is 0 Å². The van der Waals surface area contributed by atoms with Crippen molar-refractivity contribution >= 4 is 5.78 Å². The number of rotatable bonds is 2. The number of carbonyl (C=O) groups excluding carboxylic acids is 1. The van der Waals surface area contributed by atoms with E-state index in [1.807, 2.05) is 0 Å². The predicted molar refractivity (Wildman–Crippen MR) is 46.3 cm³/mol. The molecule has 0 unspecified atom stereocenters. The fourth-order valence-electron chi connectivity index (χ4n) is 1.03. The normalized spacial score (nSPS) is 9.85. The van der Waals surface area contributed by atoms with Gasteiger partial charge in [0.1, 0.15) is 0 Å². The van der Waals surface area contributed by atoms with Gasteiger partial charge in [-0.25, -0.2) is 4.98 Å². The monoisotopic (exact) mass is 173 g/mol. The lowest BCUT2D eigenvalue weighted by Crippen LogP contribution is -2.03. The summed E-state index contributed by atoms with van der Waals surface area (Å²) < 4.78 is 0. The molecule has 2 rings (SSSR count). The van der Waals surface area contributed by atoms with Crippen molar-refractivity contribution < 1.29 is 4.79 Å². The van der Waals surface area contributed by atoms with Gasteiger partial charge in [0.2, 0.25) is 5.78 Å². The topological polar surface area (TPSA) is 58.6 Å². The molecule has 64 valence electrons. The van der Waals surface area contributed by atoms with Crippen LogP contribution < -0.4 is 0 Å². The third kappa shape index (κ3) is 1.46. The van der Waals surface area contributed by atoms with Gasteiger partial charge in [0.15, 0.2) is 5.82 Å². The fraction of sp³-hybridized carbons (Fsp3) is 0. The minimum atomic E-state index is -0.118. The van der Waals surface area contributed by atoms with Crippen LogP contribution >= 0.6 is 0 Å². The number of imidazole rings is 1. The number of carbonyl (C=O) groups is 1. The molecule has 4 nitrogen and oxygen atoms in total. The second kappa shape index (κ2) is 3.18. The van der Waals surface area contributed by atoms with E-state index >= 15 is 0 Å². The Morgan fingerprint density at radius 3 is 2.62 bits per heavy atom. The maximum atomic E-state index is 11.6. The first-order valence-electron chi connectivity index (χ1n) is 3.82. The fourth-order valence-corrected chi connectivity index (χ4v) is 1.03. The zero-order valence-corrected chi connectivity index (χ0v) is 6.77. The van der Waals surface area contributed by atoms with E-state index in [0.717, 1.165) is 0 Å². The highest BCUT2D eigenvalue weighted by atomic mass is 16.1. The summed E-state index contributed by atoms with van der Waals surface area (Å²) in [7, 11) is 0. The van der Waals surface area contributed by atoms with Crippen LogP contribution in [0.4, 0.5) is 0 Å². The maximum Gasteiger partial charge on any atom is 0.228 e. The lowest BCUT2D eigenvalue weighted by Gasteiger charge is -1.94. The summed E-state index contributed by atoms with van der Waals surface area (Å²) in [6, 6.07) is 3.32. The SMILES string of the molecule is O=C(c1ccncc1)c1ncc[nH]1. The number of nitrogens with zero attached hydrogens (tertiary/aromatic N) is 2. The van der Waals surface area contributed by atoms with Gasteiger partial charge in [-0.15, -0.1) is 0 Å². The Labute approximate surface area is 74.7 Å². The van der Waals surface area contributed by atoms with Crippen LogP contribution in [-0.4, -0.2) is 20.7 Å². The highest BCUT2D eigenvalue weighted by Crippen LogP contribution is 2.03. The minimum absolute atomic E-state index is 0.118. The highest BCUT2D eigenvalue weighted by molar-refractivity contribution is 6.06. The second-order valence-corrected chi connectivity index (χ2v) is 2.50. The van der Waals surface area contributed by atoms with E-state index in [9.17, 15) is 4.79 Å². The molecular weight excluding hydrogens is 166 g/mol. The molecule has 0 aromatic carbocycles. The molecule has 0 saturated heterocycles. The lowest BCUT2D eigenvalue weighted by atomic mass is 10.2. The lowest BCUT2D eigenvalue weighted by molar-refractivity contribution is 0.103. The smallest absolute Gasteiger partial charge is 0.228 e. The summed E-state index contributed by atoms with van der Waals surface area (Å²) in [6.45, 7) is 0. The molecule has 13 heavy (non-hydrogen) atoms. The van der Waals surface area contributed by atoms with E-state index < -0.39 is 0 Å². The quantitative estimate of drug-likeness (QED) is 0.690. The Kier molecular flexibility index (Phi) is 1.88. The maximum absolute atomic E-state index is 11.6. The molecule has 0 radical (unpaired) electrons. The van der Waals surface area contributed by atoms with E-state index in [0.29, 0.717) is 11.4 Å². The van der Waals surface area contributed by atoms with E-state index in [1.54, 1.807) is 36.9 Å². The number of ketones is 1. The molecule has 0 aliphatic heterocycles. The molecule has 2 heterocycles. The number of hydrogen-bond donors (Lipinski definition) is 1. The summed E-state index contributed by atoms with van der Waals surface area (Å²) in [5.74, 6) is 0.235. The van der Waals surface area contributed by atoms with Crippen LogP contribution in [0.25, 0.3) is 0 Å². The number of aromatic nitrogens is 3. The molecule has 0 amide bonds. The van der Waals surface area contributed by atoms with E-state index in [2.05, 4.69) is 15.0 Å². The second-order valence-electron chi connectivity index (χ2n) is 2.50. The van der Waals surface area contributed by atoms with Crippen LogP contribution in [0.15, 0.2) is 36.9 Å². The molecule has 0 spiro atoms. The zero-order chi connectivity index (χ0) is 9.10. The Balaban J connectivity index is 2.34. The van der Waals surface area contributed by atoms with Crippen molar-refractivity contribution in [3.8, 4) is 0 Å². The largest absolute Gasteiger partial charge is 0.342 e. The third-order valence-corrected chi connectivity index (χ3v) is 1.66. The molecule has 4 heteroatoms. The third-order valence-electron chi connectivity index (χ3n) is 1.66. The molecule has 1 N–H and O–H groups in total. The molecule has 0 fully saturated rings. The number of pyridine rings is 1. The van der Waals surface area contributed by atoms with Crippen molar-refractivity contribution in [1.82, 2.24) is 15.0 Å². The first-order valence-corrected chi connectivity index (χ1v) is 3.82. The Hall–Kier alpha value is -1.97. The molecule has 0 saturated carbocycles. The van der Waals surface area contributed by atoms with Crippen LogP contribution in [0.2, 0.25) is 0 Å². The van der Waals surface area contributed by atoms with Gasteiger partial charge in [-0.05, 0) is 12.1 Å². The summed E-state index contributed by atoms with van der Waals surface area (Å²) in [5, 5.41) is 0. The Morgan fingerprint density at radius 1 is 1.23 bits per heavy atom. The van der Waals surface area contributed by atoms with Crippen LogP contribution in [0.1, 0.15) is 16.2 Å². The summed E-state index contributed by atoms with van der Waals surface area (Å²) >= 11 is 0. The molecule has 0 aliphatic carbocycles. The molecule has 0 bridgehead atoms. The zero-order valence-electron chi connectivity index (χ0n) is 6.77. The number of nitrogens with one attached hydrogen (secondary N) is 1. The summed E-state index contributed by atoms with van der Waals surface area (Å²) in [5.41, 5.74) is 0.588. The number of hydrogen-bond acceptors (Lipinski definition) is 3. The van der Waals surface area contributed by atoms with Crippen molar-refractivity contribution in [1.29, 1.82) is 0 Å². The van der Waals surface area contributed by atoms with Crippen LogP contribution in [-0.2, 0) is 0 Å². The summed E-state index contributed by atoms with van der Waals surface area (Å²) in [6.07, 6.45) is 6.33. The van der Waals surface area contributed by atoms with Gasteiger partial charge in [0.05, 0.1) is 0 Å². The summed E-state index contributed by atoms with van der Waals surface area (Å²) in [4.78, 5) is 22.0. The standard InChI is InChI=1S/C9H7N3O/c13-8(9-11-5-6-12-9)7-1-3-10-4-2-7/h1-6H,(H,11,12). The van der Waals surface area contributed by atoms with Gasteiger partial charge in [-0.2, -0.15) is 0 Å². The Bertz CT molecular complexity index is 394. The van der Waals surface area contributed by atoms with Gasteiger partial charge in [-0.3, -0.25) is 9.78 Å². The van der Waals surface area contributed by atoms with Gasteiger partial charge < -0.3 is 4.98 Å². The van der Waals surface area contributed by atoms with Gasteiger partial charge in [0.25, 0.3) is 0 Å². The predicted octanol–water partition coefficient (Wildman–Crippen LogP) is 1.04. The van der Waals surface area contributed by atoms with Gasteiger partial charge in [0, 0.05) is 30.4 Å². The van der Waals surface area contributed by atoms with Gasteiger partial charge >= 0.3 is 0 Å². The first kappa shape index (κ1) is 7.67. The van der Waals surface area contributed by atoms with Crippen LogP contribution in [0.3, 0.4) is 0 Å². The van der Waals surface area contributed by atoms with Crippen molar-refractivity contribution in [2.24, 2.45) is 0 Å². The van der Waals surface area contributed by atoms with Crippen molar-refractivity contribution in [2.45, 2.75) is 0 Å². The Morgan fingerprint density at radius 2 is 2.00 bits per heavy atom. The molecule has 0 atom stereocenters. The molecule has 2 aromatic rings. The van der Waals surface area contributed by atoms with Crippen molar-refractivity contribution in [3.05, 3.63) is 48.3 Å². The molecule has 0 aliphatic rings. The van der Waals surface area contributed by atoms with E-state index in [-0.39, 0.29) is 5.78 Å². The van der Waals surface area contributed by atoms with E-state index in [1.165, 1.54) is 0 Å². The average molecular weight is 173 g/mol. The van der Waals surface area contributed by atoms with Crippen molar-refractivity contribution in [2.75, 3.05) is 0 Å². The van der Waals surface area contributed by atoms with Crippen molar-refractivity contribution in [3.63, 3.8) is 0 Å². The number of H-pyrrole nitrogens is 1. The number of aromatic amines is 1. The average Bonchev–Trinajstić information content (AvgIpc) is 2.71. The molecule has 2 aromatic heterocycles. The van der Waals surface area contributed by atoms with E-state index in [4.69, 9.17) is 0 Å². The van der Waals surface area contributed by atoms with Crippen LogP contribution in [0.5, 0.6) is 0 Å². The van der Waals surface area contributed by atoms with Gasteiger partial charge in [-0.1, -0.05) is 0 Å². The highest BCUT2D eigenvalue weighted by Gasteiger charge is 2.09.